The maximum Gasteiger partial charge on any atom is 0.242 e. The lowest BCUT2D eigenvalue weighted by molar-refractivity contribution is -0.122. The molecule has 1 rings (SSSR count). The molecule has 6 heteroatoms. The lowest BCUT2D eigenvalue weighted by Crippen LogP contribution is -2.47. The number of aryl methyl sites for hydroxylation is 1. The second kappa shape index (κ2) is 6.17. The minimum atomic E-state index is -0.434. The van der Waals surface area contributed by atoms with Crippen LogP contribution in [0.4, 0.5) is 5.82 Å². The number of nitrogens with zero attached hydrogens (tertiary/aromatic N) is 1. The summed E-state index contributed by atoms with van der Waals surface area (Å²) < 4.78 is 0. The van der Waals surface area contributed by atoms with Crippen LogP contribution in [0.2, 0.25) is 0 Å². The minimum Gasteiger partial charge on any atom is -0.389 e. The van der Waals surface area contributed by atoms with Gasteiger partial charge in [0.1, 0.15) is 16.8 Å². The van der Waals surface area contributed by atoms with Crippen LogP contribution >= 0.6 is 12.2 Å². The number of hydrogen-bond donors (Lipinski definition) is 3. The van der Waals surface area contributed by atoms with Gasteiger partial charge in [-0.25, -0.2) is 4.98 Å². The molecule has 20 heavy (non-hydrogen) atoms. The third kappa shape index (κ3) is 4.45. The van der Waals surface area contributed by atoms with Crippen molar-refractivity contribution < 1.29 is 4.79 Å². The van der Waals surface area contributed by atoms with E-state index in [4.69, 9.17) is 18.0 Å². The largest absolute Gasteiger partial charge is 0.389 e. The van der Waals surface area contributed by atoms with E-state index in [1.54, 1.807) is 13.1 Å². The molecule has 0 saturated carbocycles. The molecule has 0 bridgehead atoms. The molecule has 0 aliphatic heterocycles. The fraction of sp³-hybridized carbons (Fsp3) is 0.500. The van der Waals surface area contributed by atoms with E-state index in [-0.39, 0.29) is 16.4 Å². The lowest BCUT2D eigenvalue weighted by Gasteiger charge is -2.24. The number of aromatic nitrogens is 1. The van der Waals surface area contributed by atoms with E-state index in [2.05, 4.69) is 15.6 Å². The summed E-state index contributed by atoms with van der Waals surface area (Å²) in [5.41, 5.74) is 7.05. The van der Waals surface area contributed by atoms with E-state index < -0.39 is 6.04 Å². The number of thiocarbonyl (C=S) groups is 1. The van der Waals surface area contributed by atoms with Crippen LogP contribution in [0.1, 0.15) is 38.8 Å². The van der Waals surface area contributed by atoms with Gasteiger partial charge in [-0.3, -0.25) is 4.79 Å². The molecule has 1 amide bonds. The van der Waals surface area contributed by atoms with Gasteiger partial charge in [-0.1, -0.05) is 12.2 Å². The molecule has 0 spiro atoms. The van der Waals surface area contributed by atoms with Crippen LogP contribution in [0.15, 0.2) is 12.3 Å². The van der Waals surface area contributed by atoms with Crippen molar-refractivity contribution in [3.05, 3.63) is 23.4 Å². The van der Waals surface area contributed by atoms with Crippen molar-refractivity contribution in [2.45, 2.75) is 46.2 Å². The summed E-state index contributed by atoms with van der Waals surface area (Å²) in [5, 5.41) is 5.97. The van der Waals surface area contributed by atoms with Crippen molar-refractivity contribution in [3.8, 4) is 0 Å². The summed E-state index contributed by atoms with van der Waals surface area (Å²) in [7, 11) is 0. The summed E-state index contributed by atoms with van der Waals surface area (Å²) in [4.78, 5) is 16.5. The molecule has 0 radical (unpaired) electrons. The minimum absolute atomic E-state index is 0.102. The zero-order valence-electron chi connectivity index (χ0n) is 12.6. The van der Waals surface area contributed by atoms with Crippen molar-refractivity contribution in [3.63, 3.8) is 0 Å². The molecule has 1 unspecified atom stereocenters. The number of hydrogen-bond acceptors (Lipinski definition) is 4. The molecule has 0 aliphatic rings. The molecule has 1 atom stereocenters. The fourth-order valence-electron chi connectivity index (χ4n) is 1.73. The predicted octanol–water partition coefficient (Wildman–Crippen LogP) is 1.74. The Bertz CT molecular complexity index is 522. The van der Waals surface area contributed by atoms with Crippen LogP contribution < -0.4 is 16.4 Å². The zero-order chi connectivity index (χ0) is 15.5. The van der Waals surface area contributed by atoms with Crippen LogP contribution in [-0.4, -0.2) is 27.5 Å². The zero-order valence-corrected chi connectivity index (χ0v) is 13.4. The first-order valence-corrected chi connectivity index (χ1v) is 6.86. The van der Waals surface area contributed by atoms with Crippen molar-refractivity contribution in [2.24, 2.45) is 5.73 Å². The number of pyridine rings is 1. The standard InChI is InChI=1S/C14H22N4OS/c1-8-6-7-16-12(10(8)11(15)20)17-9(2)13(19)18-14(3,4)5/h6-7,9H,1-5H3,(H2,15,20)(H,16,17)(H,18,19). The molecule has 4 N–H and O–H groups in total. The van der Waals surface area contributed by atoms with E-state index in [0.29, 0.717) is 11.4 Å². The smallest absolute Gasteiger partial charge is 0.242 e. The van der Waals surface area contributed by atoms with Gasteiger partial charge in [0.05, 0.1) is 5.56 Å². The van der Waals surface area contributed by atoms with Crippen molar-refractivity contribution in [2.75, 3.05) is 5.32 Å². The Morgan fingerprint density at radius 2 is 2.05 bits per heavy atom. The van der Waals surface area contributed by atoms with Crippen LogP contribution in [0, 0.1) is 6.92 Å². The van der Waals surface area contributed by atoms with Gasteiger partial charge in [-0.2, -0.15) is 0 Å². The molecule has 0 fully saturated rings. The highest BCUT2D eigenvalue weighted by Gasteiger charge is 2.21. The van der Waals surface area contributed by atoms with Gasteiger partial charge >= 0.3 is 0 Å². The SMILES string of the molecule is Cc1ccnc(NC(C)C(=O)NC(C)(C)C)c1C(N)=S. The number of amides is 1. The van der Waals surface area contributed by atoms with Gasteiger partial charge in [0.2, 0.25) is 5.91 Å². The molecule has 0 saturated heterocycles. The molecule has 1 aromatic heterocycles. The number of carbonyl (C=O) groups is 1. The molecule has 0 aromatic carbocycles. The topological polar surface area (TPSA) is 80.0 Å². The first-order chi connectivity index (χ1) is 9.11. The highest BCUT2D eigenvalue weighted by atomic mass is 32.1. The molecule has 1 heterocycles. The van der Waals surface area contributed by atoms with Gasteiger partial charge < -0.3 is 16.4 Å². The number of carbonyl (C=O) groups excluding carboxylic acids is 1. The molecule has 1 aromatic rings. The van der Waals surface area contributed by atoms with Crippen LogP contribution in [0.5, 0.6) is 0 Å². The molecular weight excluding hydrogens is 272 g/mol. The summed E-state index contributed by atoms with van der Waals surface area (Å²) >= 11 is 5.04. The Morgan fingerprint density at radius 1 is 1.45 bits per heavy atom. The Morgan fingerprint density at radius 3 is 2.55 bits per heavy atom. The lowest BCUT2D eigenvalue weighted by atomic mass is 10.1. The van der Waals surface area contributed by atoms with Crippen LogP contribution in [-0.2, 0) is 4.79 Å². The van der Waals surface area contributed by atoms with E-state index in [1.807, 2.05) is 33.8 Å². The van der Waals surface area contributed by atoms with Gasteiger partial charge in [-0.05, 0) is 46.2 Å². The summed E-state index contributed by atoms with van der Waals surface area (Å²) in [6.07, 6.45) is 1.66. The predicted molar refractivity (Wildman–Crippen MR) is 85.8 cm³/mol. The highest BCUT2D eigenvalue weighted by molar-refractivity contribution is 7.80. The van der Waals surface area contributed by atoms with Gasteiger partial charge in [0.25, 0.3) is 0 Å². The van der Waals surface area contributed by atoms with E-state index in [9.17, 15) is 4.79 Å². The Balaban J connectivity index is 2.91. The fourth-order valence-corrected chi connectivity index (χ4v) is 1.98. The Kier molecular flexibility index (Phi) is 5.05. The van der Waals surface area contributed by atoms with E-state index in [0.717, 1.165) is 5.56 Å². The van der Waals surface area contributed by atoms with Gasteiger partial charge in [0.15, 0.2) is 0 Å². The van der Waals surface area contributed by atoms with Gasteiger partial charge in [-0.15, -0.1) is 0 Å². The molecule has 110 valence electrons. The summed E-state index contributed by atoms with van der Waals surface area (Å²) in [5.74, 6) is 0.434. The highest BCUT2D eigenvalue weighted by Crippen LogP contribution is 2.17. The average molecular weight is 294 g/mol. The number of rotatable bonds is 4. The summed E-state index contributed by atoms with van der Waals surface area (Å²) in [6, 6.07) is 1.40. The van der Waals surface area contributed by atoms with Crippen LogP contribution in [0.3, 0.4) is 0 Å². The Labute approximate surface area is 125 Å². The van der Waals surface area contributed by atoms with Gasteiger partial charge in [0, 0.05) is 11.7 Å². The quantitative estimate of drug-likeness (QED) is 0.737. The van der Waals surface area contributed by atoms with E-state index >= 15 is 0 Å². The molecule has 5 nitrogen and oxygen atoms in total. The molecule has 0 aliphatic carbocycles. The first-order valence-electron chi connectivity index (χ1n) is 6.46. The second-order valence-corrected chi connectivity index (χ2v) is 6.26. The average Bonchev–Trinajstić information content (AvgIpc) is 2.25. The number of nitrogens with one attached hydrogen (secondary N) is 2. The number of anilines is 1. The molecular formula is C14H22N4OS. The number of nitrogens with two attached hydrogens (primary N) is 1. The van der Waals surface area contributed by atoms with Crippen molar-refractivity contribution in [1.82, 2.24) is 10.3 Å². The van der Waals surface area contributed by atoms with Crippen molar-refractivity contribution >= 4 is 28.9 Å². The normalized spacial score (nSPS) is 12.7. The van der Waals surface area contributed by atoms with Crippen LogP contribution in [0.25, 0.3) is 0 Å². The van der Waals surface area contributed by atoms with Crippen molar-refractivity contribution in [1.29, 1.82) is 0 Å². The maximum atomic E-state index is 12.1. The third-order valence-corrected chi connectivity index (χ3v) is 2.85. The third-order valence-electron chi connectivity index (χ3n) is 2.65. The van der Waals surface area contributed by atoms with E-state index in [1.165, 1.54) is 0 Å². The maximum absolute atomic E-state index is 12.1. The Hall–Kier alpha value is -1.69. The second-order valence-electron chi connectivity index (χ2n) is 5.82. The monoisotopic (exact) mass is 294 g/mol. The summed E-state index contributed by atoms with van der Waals surface area (Å²) in [6.45, 7) is 9.48. The first kappa shape index (κ1) is 16.4.